The van der Waals surface area contributed by atoms with Crippen LogP contribution in [0, 0.1) is 6.92 Å². The summed E-state index contributed by atoms with van der Waals surface area (Å²) in [6, 6.07) is 15.8. The molecule has 3 N–H and O–H groups in total. The Labute approximate surface area is 128 Å². The van der Waals surface area contributed by atoms with Gasteiger partial charge in [0.05, 0.1) is 11.6 Å². The van der Waals surface area contributed by atoms with Crippen LogP contribution >= 0.6 is 11.6 Å². The number of fused-ring (bicyclic) bond motifs is 1. The second-order valence-corrected chi connectivity index (χ2v) is 5.46. The topological polar surface area (TPSA) is 50.9 Å². The number of para-hydroxylation sites is 1. The molecule has 1 atom stereocenters. The molecule has 0 aliphatic rings. The van der Waals surface area contributed by atoms with Crippen LogP contribution in [0.15, 0.2) is 54.7 Å². The summed E-state index contributed by atoms with van der Waals surface area (Å²) in [6.45, 7) is 2.05. The van der Waals surface area contributed by atoms with Crippen LogP contribution in [-0.4, -0.2) is 4.98 Å². The monoisotopic (exact) mass is 297 g/mol. The predicted octanol–water partition coefficient (Wildman–Crippen LogP) is 3.75. The first-order valence-corrected chi connectivity index (χ1v) is 7.14. The van der Waals surface area contributed by atoms with Gasteiger partial charge < -0.3 is 0 Å². The zero-order valence-corrected chi connectivity index (χ0v) is 12.4. The zero-order valence-electron chi connectivity index (χ0n) is 11.7. The van der Waals surface area contributed by atoms with Crippen molar-refractivity contribution in [3.05, 3.63) is 76.4 Å². The van der Waals surface area contributed by atoms with Crippen molar-refractivity contribution >= 4 is 22.5 Å². The molecule has 0 amide bonds. The maximum atomic E-state index is 6.14. The number of nitrogens with one attached hydrogen (secondary N) is 1. The van der Waals surface area contributed by atoms with Crippen molar-refractivity contribution in [2.75, 3.05) is 0 Å². The quantitative estimate of drug-likeness (QED) is 0.572. The van der Waals surface area contributed by atoms with Gasteiger partial charge in [0.15, 0.2) is 0 Å². The van der Waals surface area contributed by atoms with Crippen LogP contribution in [0.4, 0.5) is 0 Å². The van der Waals surface area contributed by atoms with E-state index in [4.69, 9.17) is 17.4 Å². The van der Waals surface area contributed by atoms with Crippen molar-refractivity contribution in [3.8, 4) is 0 Å². The van der Waals surface area contributed by atoms with E-state index in [2.05, 4.69) is 17.3 Å². The number of hydrogen-bond acceptors (Lipinski definition) is 3. The normalized spacial score (nSPS) is 12.5. The van der Waals surface area contributed by atoms with Crippen LogP contribution in [0.2, 0.25) is 5.02 Å². The van der Waals surface area contributed by atoms with Gasteiger partial charge in [0.1, 0.15) is 0 Å². The lowest BCUT2D eigenvalue weighted by molar-refractivity contribution is 0.637. The van der Waals surface area contributed by atoms with E-state index in [0.717, 1.165) is 27.6 Å². The first-order valence-electron chi connectivity index (χ1n) is 6.76. The molecule has 1 heterocycles. The molecule has 3 rings (SSSR count). The predicted molar refractivity (Wildman–Crippen MR) is 87.1 cm³/mol. The van der Waals surface area contributed by atoms with E-state index in [1.807, 2.05) is 48.5 Å². The minimum atomic E-state index is -0.151. The molecule has 3 nitrogen and oxygen atoms in total. The maximum absolute atomic E-state index is 6.14. The number of hydrogen-bond donors (Lipinski definition) is 2. The highest BCUT2D eigenvalue weighted by molar-refractivity contribution is 6.30. The summed E-state index contributed by atoms with van der Waals surface area (Å²) in [5, 5.41) is 1.79. The van der Waals surface area contributed by atoms with Gasteiger partial charge in [-0.25, -0.2) is 5.43 Å². The highest BCUT2D eigenvalue weighted by Crippen LogP contribution is 2.30. The average molecular weight is 298 g/mol. The number of nitrogens with two attached hydrogens (primary N) is 1. The third kappa shape index (κ3) is 2.63. The fourth-order valence-electron chi connectivity index (χ4n) is 2.63. The molecule has 2 aromatic carbocycles. The summed E-state index contributed by atoms with van der Waals surface area (Å²) < 4.78 is 0. The van der Waals surface area contributed by atoms with Gasteiger partial charge in [-0.3, -0.25) is 10.8 Å². The van der Waals surface area contributed by atoms with E-state index in [1.54, 1.807) is 6.20 Å². The summed E-state index contributed by atoms with van der Waals surface area (Å²) in [5.41, 5.74) is 7.08. The van der Waals surface area contributed by atoms with Crippen LogP contribution in [0.5, 0.6) is 0 Å². The van der Waals surface area contributed by atoms with Crippen molar-refractivity contribution in [3.63, 3.8) is 0 Å². The standard InChI is InChI=1S/C17H16ClN3/c1-11-7-8-13(18)10-15(11)17(21-19)14-6-2-4-12-5-3-9-20-16(12)14/h2-10,17,21H,19H2,1H3. The lowest BCUT2D eigenvalue weighted by atomic mass is 9.94. The van der Waals surface area contributed by atoms with Gasteiger partial charge in [-0.15, -0.1) is 0 Å². The Morgan fingerprint density at radius 3 is 2.71 bits per heavy atom. The van der Waals surface area contributed by atoms with Gasteiger partial charge in [0, 0.05) is 22.2 Å². The fraction of sp³-hybridized carbons (Fsp3) is 0.118. The Kier molecular flexibility index (Phi) is 3.88. The Morgan fingerprint density at radius 2 is 1.90 bits per heavy atom. The van der Waals surface area contributed by atoms with Crippen molar-refractivity contribution in [2.24, 2.45) is 5.84 Å². The largest absolute Gasteiger partial charge is 0.271 e. The van der Waals surface area contributed by atoms with Gasteiger partial charge in [-0.1, -0.05) is 41.9 Å². The molecule has 21 heavy (non-hydrogen) atoms. The van der Waals surface area contributed by atoms with Crippen molar-refractivity contribution in [1.29, 1.82) is 0 Å². The van der Waals surface area contributed by atoms with E-state index >= 15 is 0 Å². The lowest BCUT2D eigenvalue weighted by Gasteiger charge is -2.20. The first kappa shape index (κ1) is 14.0. The Hall–Kier alpha value is -1.94. The molecule has 106 valence electrons. The smallest absolute Gasteiger partial charge is 0.0753 e. The molecule has 0 saturated carbocycles. The number of halogens is 1. The molecule has 0 bridgehead atoms. The molecule has 0 spiro atoms. The highest BCUT2D eigenvalue weighted by atomic mass is 35.5. The minimum Gasteiger partial charge on any atom is -0.271 e. The molecule has 3 aromatic rings. The van der Waals surface area contributed by atoms with Gasteiger partial charge in [-0.05, 0) is 36.2 Å². The van der Waals surface area contributed by atoms with Crippen LogP contribution in [0.3, 0.4) is 0 Å². The number of hydrazine groups is 1. The number of rotatable bonds is 3. The molecular formula is C17H16ClN3. The molecule has 1 unspecified atom stereocenters. The minimum absolute atomic E-state index is 0.151. The summed E-state index contributed by atoms with van der Waals surface area (Å²) in [5.74, 6) is 5.83. The van der Waals surface area contributed by atoms with Crippen molar-refractivity contribution in [1.82, 2.24) is 10.4 Å². The third-order valence-corrected chi connectivity index (χ3v) is 3.93. The molecule has 0 fully saturated rings. The van der Waals surface area contributed by atoms with Crippen LogP contribution < -0.4 is 11.3 Å². The Bertz CT molecular complexity index is 781. The van der Waals surface area contributed by atoms with Gasteiger partial charge in [0.25, 0.3) is 0 Å². The second-order valence-electron chi connectivity index (χ2n) is 5.02. The highest BCUT2D eigenvalue weighted by Gasteiger charge is 2.18. The molecule has 0 radical (unpaired) electrons. The van der Waals surface area contributed by atoms with Crippen molar-refractivity contribution < 1.29 is 0 Å². The number of aromatic nitrogens is 1. The van der Waals surface area contributed by atoms with Crippen LogP contribution in [0.1, 0.15) is 22.7 Å². The summed E-state index contributed by atoms with van der Waals surface area (Å²) in [4.78, 5) is 4.50. The maximum Gasteiger partial charge on any atom is 0.0753 e. The van der Waals surface area contributed by atoms with Gasteiger partial charge in [-0.2, -0.15) is 0 Å². The molecule has 4 heteroatoms. The third-order valence-electron chi connectivity index (χ3n) is 3.69. The van der Waals surface area contributed by atoms with E-state index in [-0.39, 0.29) is 6.04 Å². The Morgan fingerprint density at radius 1 is 1.10 bits per heavy atom. The van der Waals surface area contributed by atoms with Crippen molar-refractivity contribution in [2.45, 2.75) is 13.0 Å². The first-order chi connectivity index (χ1) is 10.2. The van der Waals surface area contributed by atoms with E-state index in [0.29, 0.717) is 5.02 Å². The second kappa shape index (κ2) is 5.82. The fourth-order valence-corrected chi connectivity index (χ4v) is 2.81. The number of nitrogens with zero attached hydrogens (tertiary/aromatic N) is 1. The molecule has 1 aromatic heterocycles. The molecule has 0 aliphatic carbocycles. The number of aryl methyl sites for hydroxylation is 1. The van der Waals surface area contributed by atoms with Crippen LogP contribution in [-0.2, 0) is 0 Å². The van der Waals surface area contributed by atoms with E-state index < -0.39 is 0 Å². The van der Waals surface area contributed by atoms with E-state index in [1.165, 1.54) is 0 Å². The lowest BCUT2D eigenvalue weighted by Crippen LogP contribution is -2.29. The Balaban J connectivity index is 2.21. The summed E-state index contributed by atoms with van der Waals surface area (Å²) in [7, 11) is 0. The molecular weight excluding hydrogens is 282 g/mol. The summed E-state index contributed by atoms with van der Waals surface area (Å²) >= 11 is 6.14. The SMILES string of the molecule is Cc1ccc(Cl)cc1C(NN)c1cccc2cccnc12. The van der Waals surface area contributed by atoms with Crippen LogP contribution in [0.25, 0.3) is 10.9 Å². The zero-order chi connectivity index (χ0) is 14.8. The number of benzene rings is 2. The average Bonchev–Trinajstić information content (AvgIpc) is 2.51. The van der Waals surface area contributed by atoms with E-state index in [9.17, 15) is 0 Å². The molecule has 0 saturated heterocycles. The number of pyridine rings is 1. The van der Waals surface area contributed by atoms with Gasteiger partial charge >= 0.3 is 0 Å². The van der Waals surface area contributed by atoms with Gasteiger partial charge in [0.2, 0.25) is 0 Å². The molecule has 0 aliphatic heterocycles. The summed E-state index contributed by atoms with van der Waals surface area (Å²) in [6.07, 6.45) is 1.80.